The van der Waals surface area contributed by atoms with Crippen LogP contribution >= 0.6 is 0 Å². The standard InChI is InChI=1S/C15H22N2O2/c1-3-16-11(2)8-9-19-13-5-6-14-12(10-13)4-7-15(18)17-14/h5-6,10-11,16H,3-4,7-9H2,1-2H3,(H,17,18). The van der Waals surface area contributed by atoms with Crippen molar-refractivity contribution in [2.45, 2.75) is 39.2 Å². The first-order valence-corrected chi connectivity index (χ1v) is 6.98. The largest absolute Gasteiger partial charge is 0.494 e. The van der Waals surface area contributed by atoms with Crippen molar-refractivity contribution in [1.82, 2.24) is 5.32 Å². The molecular weight excluding hydrogens is 240 g/mol. The molecule has 1 amide bonds. The molecule has 0 aliphatic carbocycles. The summed E-state index contributed by atoms with van der Waals surface area (Å²) in [6, 6.07) is 6.35. The van der Waals surface area contributed by atoms with Gasteiger partial charge in [0.15, 0.2) is 0 Å². The van der Waals surface area contributed by atoms with Crippen molar-refractivity contribution in [2.24, 2.45) is 0 Å². The molecule has 1 aromatic rings. The Morgan fingerprint density at radius 2 is 2.26 bits per heavy atom. The smallest absolute Gasteiger partial charge is 0.224 e. The Morgan fingerprint density at radius 1 is 1.42 bits per heavy atom. The average molecular weight is 262 g/mol. The van der Waals surface area contributed by atoms with Crippen LogP contribution in [-0.2, 0) is 11.2 Å². The van der Waals surface area contributed by atoms with Crippen LogP contribution in [0.1, 0.15) is 32.3 Å². The Balaban J connectivity index is 1.86. The molecule has 19 heavy (non-hydrogen) atoms. The number of nitrogens with one attached hydrogen (secondary N) is 2. The van der Waals surface area contributed by atoms with E-state index in [1.807, 2.05) is 18.2 Å². The number of hydrogen-bond acceptors (Lipinski definition) is 3. The fourth-order valence-electron chi connectivity index (χ4n) is 2.25. The van der Waals surface area contributed by atoms with Crippen LogP contribution in [0.15, 0.2) is 18.2 Å². The highest BCUT2D eigenvalue weighted by molar-refractivity contribution is 5.93. The molecule has 4 nitrogen and oxygen atoms in total. The van der Waals surface area contributed by atoms with Crippen molar-refractivity contribution < 1.29 is 9.53 Å². The Kier molecular flexibility index (Phi) is 4.80. The molecule has 1 heterocycles. The lowest BCUT2D eigenvalue weighted by Gasteiger charge is -2.18. The van der Waals surface area contributed by atoms with E-state index in [-0.39, 0.29) is 5.91 Å². The van der Waals surface area contributed by atoms with Gasteiger partial charge in [-0.05, 0) is 50.1 Å². The molecule has 4 heteroatoms. The molecule has 0 radical (unpaired) electrons. The van der Waals surface area contributed by atoms with Crippen LogP contribution in [0.3, 0.4) is 0 Å². The van der Waals surface area contributed by atoms with Crippen LogP contribution in [0, 0.1) is 0 Å². The fourth-order valence-corrected chi connectivity index (χ4v) is 2.25. The normalized spacial score (nSPS) is 15.6. The zero-order valence-corrected chi connectivity index (χ0v) is 11.7. The Bertz CT molecular complexity index is 446. The van der Waals surface area contributed by atoms with Crippen LogP contribution in [0.2, 0.25) is 0 Å². The van der Waals surface area contributed by atoms with Gasteiger partial charge < -0.3 is 15.4 Å². The fraction of sp³-hybridized carbons (Fsp3) is 0.533. The van der Waals surface area contributed by atoms with Gasteiger partial charge in [-0.2, -0.15) is 0 Å². The van der Waals surface area contributed by atoms with Crippen molar-refractivity contribution >= 4 is 11.6 Å². The van der Waals surface area contributed by atoms with Crippen molar-refractivity contribution in [3.05, 3.63) is 23.8 Å². The maximum absolute atomic E-state index is 11.3. The number of aryl methyl sites for hydroxylation is 1. The molecule has 1 unspecified atom stereocenters. The minimum atomic E-state index is 0.0978. The highest BCUT2D eigenvalue weighted by Crippen LogP contribution is 2.26. The first kappa shape index (κ1) is 13.9. The molecule has 2 N–H and O–H groups in total. The average Bonchev–Trinajstić information content (AvgIpc) is 2.39. The van der Waals surface area contributed by atoms with E-state index in [9.17, 15) is 4.79 Å². The molecule has 0 saturated carbocycles. The number of anilines is 1. The lowest BCUT2D eigenvalue weighted by molar-refractivity contribution is -0.116. The van der Waals surface area contributed by atoms with Crippen molar-refractivity contribution in [3.63, 3.8) is 0 Å². The highest BCUT2D eigenvalue weighted by Gasteiger charge is 2.14. The molecule has 0 aromatic heterocycles. The number of ether oxygens (including phenoxy) is 1. The maximum atomic E-state index is 11.3. The number of fused-ring (bicyclic) bond motifs is 1. The number of amides is 1. The number of carbonyl (C=O) groups is 1. The number of rotatable bonds is 6. The Hall–Kier alpha value is -1.55. The summed E-state index contributed by atoms with van der Waals surface area (Å²) in [6.07, 6.45) is 2.35. The second-order valence-corrected chi connectivity index (χ2v) is 4.96. The van der Waals surface area contributed by atoms with Gasteiger partial charge in [-0.1, -0.05) is 6.92 Å². The first-order chi connectivity index (χ1) is 9.19. The summed E-state index contributed by atoms with van der Waals surface area (Å²) in [5, 5.41) is 6.23. The summed E-state index contributed by atoms with van der Waals surface area (Å²) >= 11 is 0. The second kappa shape index (κ2) is 6.57. The van der Waals surface area contributed by atoms with E-state index < -0.39 is 0 Å². The van der Waals surface area contributed by atoms with E-state index >= 15 is 0 Å². The van der Waals surface area contributed by atoms with Gasteiger partial charge in [-0.15, -0.1) is 0 Å². The molecule has 0 fully saturated rings. The second-order valence-electron chi connectivity index (χ2n) is 4.96. The molecule has 104 valence electrons. The molecule has 1 aromatic carbocycles. The quantitative estimate of drug-likeness (QED) is 0.827. The van der Waals surface area contributed by atoms with Crippen LogP contribution in [0.25, 0.3) is 0 Å². The molecule has 1 aliphatic heterocycles. The van der Waals surface area contributed by atoms with Gasteiger partial charge in [0.05, 0.1) is 6.61 Å². The lowest BCUT2D eigenvalue weighted by atomic mass is 10.0. The van der Waals surface area contributed by atoms with E-state index in [2.05, 4.69) is 24.5 Å². The van der Waals surface area contributed by atoms with Gasteiger partial charge in [-0.3, -0.25) is 4.79 Å². The minimum absolute atomic E-state index is 0.0978. The monoisotopic (exact) mass is 262 g/mol. The summed E-state index contributed by atoms with van der Waals surface area (Å²) in [7, 11) is 0. The molecule has 1 atom stereocenters. The number of carbonyl (C=O) groups excluding carboxylic acids is 1. The SMILES string of the molecule is CCNC(C)CCOc1ccc2c(c1)CCC(=O)N2. The molecule has 1 aliphatic rings. The Labute approximate surface area is 114 Å². The van der Waals surface area contributed by atoms with Gasteiger partial charge in [-0.25, -0.2) is 0 Å². The van der Waals surface area contributed by atoms with Crippen molar-refractivity contribution in [3.8, 4) is 5.75 Å². The van der Waals surface area contributed by atoms with Gasteiger partial charge in [0.2, 0.25) is 5.91 Å². The Morgan fingerprint density at radius 3 is 3.05 bits per heavy atom. The minimum Gasteiger partial charge on any atom is -0.494 e. The predicted molar refractivity (Wildman–Crippen MR) is 76.6 cm³/mol. The highest BCUT2D eigenvalue weighted by atomic mass is 16.5. The molecular formula is C15H22N2O2. The van der Waals surface area contributed by atoms with Gasteiger partial charge in [0, 0.05) is 18.2 Å². The summed E-state index contributed by atoms with van der Waals surface area (Å²) in [5.41, 5.74) is 2.08. The van der Waals surface area contributed by atoms with Crippen molar-refractivity contribution in [1.29, 1.82) is 0 Å². The number of hydrogen-bond donors (Lipinski definition) is 2. The summed E-state index contributed by atoms with van der Waals surface area (Å²) in [6.45, 7) is 5.96. The van der Waals surface area contributed by atoms with Gasteiger partial charge in [0.1, 0.15) is 5.75 Å². The summed E-state index contributed by atoms with van der Waals surface area (Å²) in [5.74, 6) is 0.985. The molecule has 0 bridgehead atoms. The van der Waals surface area contributed by atoms with Gasteiger partial charge in [0.25, 0.3) is 0 Å². The summed E-state index contributed by atoms with van der Waals surface area (Å²) < 4.78 is 5.76. The predicted octanol–water partition coefficient (Wildman–Crippen LogP) is 2.34. The van der Waals surface area contributed by atoms with Crippen molar-refractivity contribution in [2.75, 3.05) is 18.5 Å². The lowest BCUT2D eigenvalue weighted by Crippen LogP contribution is -2.27. The third-order valence-corrected chi connectivity index (χ3v) is 3.34. The van der Waals surface area contributed by atoms with E-state index in [4.69, 9.17) is 4.74 Å². The summed E-state index contributed by atoms with van der Waals surface area (Å²) in [4.78, 5) is 11.3. The zero-order valence-electron chi connectivity index (χ0n) is 11.7. The van der Waals surface area contributed by atoms with E-state index in [1.165, 1.54) is 0 Å². The van der Waals surface area contributed by atoms with Crippen LogP contribution in [0.5, 0.6) is 5.75 Å². The molecule has 0 saturated heterocycles. The van der Waals surface area contributed by atoms with Gasteiger partial charge >= 0.3 is 0 Å². The third-order valence-electron chi connectivity index (χ3n) is 3.34. The van der Waals surface area contributed by atoms with E-state index in [0.717, 1.165) is 36.4 Å². The maximum Gasteiger partial charge on any atom is 0.224 e. The third kappa shape index (κ3) is 3.96. The molecule has 0 spiro atoms. The molecule has 2 rings (SSSR count). The topological polar surface area (TPSA) is 50.4 Å². The van der Waals surface area contributed by atoms with Crippen LogP contribution in [-0.4, -0.2) is 25.1 Å². The number of benzene rings is 1. The van der Waals surface area contributed by atoms with Crippen LogP contribution in [0.4, 0.5) is 5.69 Å². The van der Waals surface area contributed by atoms with Crippen LogP contribution < -0.4 is 15.4 Å². The first-order valence-electron chi connectivity index (χ1n) is 6.98. The van der Waals surface area contributed by atoms with E-state index in [0.29, 0.717) is 19.1 Å². The zero-order chi connectivity index (χ0) is 13.7. The van der Waals surface area contributed by atoms with E-state index in [1.54, 1.807) is 0 Å².